The Morgan fingerprint density at radius 3 is 2.71 bits per heavy atom. The summed E-state index contributed by atoms with van der Waals surface area (Å²) in [5.74, 6) is 0.460. The van der Waals surface area contributed by atoms with E-state index in [9.17, 15) is 4.79 Å². The monoisotopic (exact) mass is 200 g/mol. The van der Waals surface area contributed by atoms with Gasteiger partial charge in [-0.25, -0.2) is 4.79 Å². The van der Waals surface area contributed by atoms with Crippen LogP contribution >= 0.6 is 0 Å². The van der Waals surface area contributed by atoms with Crippen molar-refractivity contribution in [2.45, 2.75) is 20.3 Å². The van der Waals surface area contributed by atoms with Crippen molar-refractivity contribution >= 4 is 6.09 Å². The average molecular weight is 200 g/mol. The normalized spacial score (nSPS) is 19.1. The van der Waals surface area contributed by atoms with Crippen molar-refractivity contribution in [2.75, 3.05) is 32.8 Å². The molecule has 0 aromatic rings. The molecule has 14 heavy (non-hydrogen) atoms. The van der Waals surface area contributed by atoms with Gasteiger partial charge < -0.3 is 15.0 Å². The van der Waals surface area contributed by atoms with Crippen molar-refractivity contribution in [2.24, 2.45) is 5.92 Å². The zero-order chi connectivity index (χ0) is 10.4. The molecule has 1 fully saturated rings. The van der Waals surface area contributed by atoms with Crippen LogP contribution in [0.3, 0.4) is 0 Å². The fourth-order valence-electron chi connectivity index (χ4n) is 1.27. The molecule has 1 atom stereocenters. The molecule has 0 radical (unpaired) electrons. The molecule has 1 rings (SSSR count). The highest BCUT2D eigenvalue weighted by atomic mass is 16.6. The highest BCUT2D eigenvalue weighted by Gasteiger charge is 2.17. The van der Waals surface area contributed by atoms with Gasteiger partial charge in [-0.1, -0.05) is 20.3 Å². The minimum atomic E-state index is -0.160. The van der Waals surface area contributed by atoms with Crippen molar-refractivity contribution in [3.63, 3.8) is 0 Å². The molecular weight excluding hydrogens is 180 g/mol. The van der Waals surface area contributed by atoms with Gasteiger partial charge in [0, 0.05) is 26.2 Å². The zero-order valence-corrected chi connectivity index (χ0v) is 9.08. The largest absolute Gasteiger partial charge is 0.449 e. The Morgan fingerprint density at radius 2 is 2.14 bits per heavy atom. The van der Waals surface area contributed by atoms with Gasteiger partial charge in [0.2, 0.25) is 0 Å². The first-order valence-corrected chi connectivity index (χ1v) is 5.36. The van der Waals surface area contributed by atoms with Crippen LogP contribution in [-0.2, 0) is 4.74 Å². The van der Waals surface area contributed by atoms with Crippen LogP contribution < -0.4 is 5.32 Å². The first-order valence-electron chi connectivity index (χ1n) is 5.36. The molecule has 0 aromatic heterocycles. The summed E-state index contributed by atoms with van der Waals surface area (Å²) in [4.78, 5) is 13.3. The minimum Gasteiger partial charge on any atom is -0.449 e. The Bertz CT molecular complexity index is 179. The smallest absolute Gasteiger partial charge is 0.409 e. The first-order chi connectivity index (χ1) is 6.74. The van der Waals surface area contributed by atoms with E-state index in [-0.39, 0.29) is 6.09 Å². The number of hydrogen-bond acceptors (Lipinski definition) is 3. The summed E-state index contributed by atoms with van der Waals surface area (Å²) >= 11 is 0. The maximum Gasteiger partial charge on any atom is 0.409 e. The molecule has 1 saturated heterocycles. The van der Waals surface area contributed by atoms with Crippen LogP contribution in [0, 0.1) is 5.92 Å². The van der Waals surface area contributed by atoms with Crippen LogP contribution in [-0.4, -0.2) is 43.8 Å². The molecule has 1 N–H and O–H groups in total. The van der Waals surface area contributed by atoms with Gasteiger partial charge in [-0.3, -0.25) is 0 Å². The third kappa shape index (κ3) is 3.54. The molecule has 0 aromatic carbocycles. The summed E-state index contributed by atoms with van der Waals surface area (Å²) in [5, 5.41) is 3.20. The van der Waals surface area contributed by atoms with Crippen LogP contribution in [0.4, 0.5) is 4.79 Å². The molecule has 1 amide bonds. The van der Waals surface area contributed by atoms with Crippen LogP contribution in [0.2, 0.25) is 0 Å². The number of piperazine rings is 1. The van der Waals surface area contributed by atoms with Gasteiger partial charge in [0.1, 0.15) is 0 Å². The number of nitrogens with zero attached hydrogens (tertiary/aromatic N) is 1. The third-order valence-electron chi connectivity index (χ3n) is 2.56. The number of ether oxygens (including phenoxy) is 1. The number of carbonyl (C=O) groups is 1. The Morgan fingerprint density at radius 1 is 1.50 bits per heavy atom. The van der Waals surface area contributed by atoms with Crippen LogP contribution in [0.15, 0.2) is 0 Å². The predicted molar refractivity (Wildman–Crippen MR) is 55.2 cm³/mol. The first kappa shape index (κ1) is 11.3. The number of nitrogens with one attached hydrogen (secondary N) is 1. The van der Waals surface area contributed by atoms with Gasteiger partial charge in [0.15, 0.2) is 0 Å². The highest BCUT2D eigenvalue weighted by molar-refractivity contribution is 5.67. The lowest BCUT2D eigenvalue weighted by Gasteiger charge is -2.27. The van der Waals surface area contributed by atoms with Crippen molar-refractivity contribution in [1.29, 1.82) is 0 Å². The van der Waals surface area contributed by atoms with E-state index in [0.717, 1.165) is 32.6 Å². The molecular formula is C10H20N2O2. The van der Waals surface area contributed by atoms with Crippen LogP contribution in [0.25, 0.3) is 0 Å². The fourth-order valence-corrected chi connectivity index (χ4v) is 1.27. The SMILES string of the molecule is CC[C@@H](C)COC(=O)N1CCNCC1. The van der Waals surface area contributed by atoms with Gasteiger partial charge in [-0.15, -0.1) is 0 Å². The lowest BCUT2D eigenvalue weighted by Crippen LogP contribution is -2.46. The van der Waals surface area contributed by atoms with Gasteiger partial charge in [0.25, 0.3) is 0 Å². The summed E-state index contributed by atoms with van der Waals surface area (Å²) in [6.45, 7) is 8.00. The maximum atomic E-state index is 11.5. The van der Waals surface area contributed by atoms with E-state index in [1.807, 2.05) is 0 Å². The molecule has 4 nitrogen and oxygen atoms in total. The lowest BCUT2D eigenvalue weighted by atomic mass is 10.1. The Balaban J connectivity index is 2.19. The standard InChI is InChI=1S/C10H20N2O2/c1-3-9(2)8-14-10(13)12-6-4-11-5-7-12/h9,11H,3-8H2,1-2H3/t9-/m1/s1. The van der Waals surface area contributed by atoms with E-state index in [1.54, 1.807) is 4.90 Å². The Labute approximate surface area is 85.6 Å². The van der Waals surface area contributed by atoms with Crippen LogP contribution in [0.1, 0.15) is 20.3 Å². The summed E-state index contributed by atoms with van der Waals surface area (Å²) < 4.78 is 5.19. The predicted octanol–water partition coefficient (Wildman–Crippen LogP) is 1.07. The fraction of sp³-hybridized carbons (Fsp3) is 0.900. The number of amides is 1. The number of rotatable bonds is 3. The van der Waals surface area contributed by atoms with Gasteiger partial charge in [-0.2, -0.15) is 0 Å². The molecule has 4 heteroatoms. The molecule has 1 aliphatic rings. The quantitative estimate of drug-likeness (QED) is 0.741. The summed E-state index contributed by atoms with van der Waals surface area (Å²) in [6, 6.07) is 0. The molecule has 0 aliphatic carbocycles. The van der Waals surface area contributed by atoms with E-state index < -0.39 is 0 Å². The molecule has 82 valence electrons. The molecule has 0 spiro atoms. The summed E-state index contributed by atoms with van der Waals surface area (Å²) in [6.07, 6.45) is 0.890. The second kappa shape index (κ2) is 5.86. The number of hydrogen-bond donors (Lipinski definition) is 1. The molecule has 1 aliphatic heterocycles. The van der Waals surface area contributed by atoms with Crippen LogP contribution in [0.5, 0.6) is 0 Å². The topological polar surface area (TPSA) is 41.6 Å². The van der Waals surface area contributed by atoms with Crippen molar-refractivity contribution in [3.05, 3.63) is 0 Å². The van der Waals surface area contributed by atoms with E-state index in [1.165, 1.54) is 0 Å². The molecule has 1 heterocycles. The van der Waals surface area contributed by atoms with Gasteiger partial charge in [0.05, 0.1) is 6.61 Å². The maximum absolute atomic E-state index is 11.5. The van der Waals surface area contributed by atoms with Crippen molar-refractivity contribution in [3.8, 4) is 0 Å². The summed E-state index contributed by atoms with van der Waals surface area (Å²) in [5.41, 5.74) is 0. The van der Waals surface area contributed by atoms with Crippen molar-refractivity contribution < 1.29 is 9.53 Å². The summed E-state index contributed by atoms with van der Waals surface area (Å²) in [7, 11) is 0. The molecule has 0 unspecified atom stereocenters. The Hall–Kier alpha value is -0.770. The van der Waals surface area contributed by atoms with E-state index >= 15 is 0 Å². The van der Waals surface area contributed by atoms with Gasteiger partial charge >= 0.3 is 6.09 Å². The van der Waals surface area contributed by atoms with Crippen molar-refractivity contribution in [1.82, 2.24) is 10.2 Å². The average Bonchev–Trinajstić information content (AvgIpc) is 2.26. The highest BCUT2D eigenvalue weighted by Crippen LogP contribution is 2.03. The van der Waals surface area contributed by atoms with E-state index in [4.69, 9.17) is 4.74 Å². The third-order valence-corrected chi connectivity index (χ3v) is 2.56. The molecule has 0 bridgehead atoms. The minimum absolute atomic E-state index is 0.160. The molecule has 0 saturated carbocycles. The second-order valence-electron chi connectivity index (χ2n) is 3.83. The van der Waals surface area contributed by atoms with Gasteiger partial charge in [-0.05, 0) is 5.92 Å². The second-order valence-corrected chi connectivity index (χ2v) is 3.83. The number of carbonyl (C=O) groups excluding carboxylic acids is 1. The lowest BCUT2D eigenvalue weighted by molar-refractivity contribution is 0.0853. The Kier molecular flexibility index (Phi) is 4.73. The van der Waals surface area contributed by atoms with E-state index in [2.05, 4.69) is 19.2 Å². The van der Waals surface area contributed by atoms with E-state index in [0.29, 0.717) is 12.5 Å². The zero-order valence-electron chi connectivity index (χ0n) is 9.08.